The molecule has 0 unspecified atom stereocenters. The Hall–Kier alpha value is -7.76. The third-order valence-electron chi connectivity index (χ3n) is 13.9. The molecule has 66 heavy (non-hydrogen) atoms. The predicted octanol–water partition coefficient (Wildman–Crippen LogP) is 18.6. The molecule has 0 bridgehead atoms. The van der Waals surface area contributed by atoms with Crippen LogP contribution in [0.25, 0.3) is 90.2 Å². The first kappa shape index (κ1) is 37.6. The molecule has 310 valence electrons. The van der Waals surface area contributed by atoms with Gasteiger partial charge in [0.15, 0.2) is 0 Å². The van der Waals surface area contributed by atoms with Crippen molar-refractivity contribution in [1.82, 2.24) is 0 Å². The molecule has 0 saturated carbocycles. The number of thiophene rings is 2. The molecular weight excluding hydrogens is 837 g/mol. The molecule has 2 heterocycles. The molecule has 0 amide bonds. The second-order valence-electron chi connectivity index (χ2n) is 17.5. The smallest absolute Gasteiger partial charge is 0.0540 e. The lowest BCUT2D eigenvalue weighted by Crippen LogP contribution is -2.19. The molecule has 11 aromatic carbocycles. The summed E-state index contributed by atoms with van der Waals surface area (Å²) in [4.78, 5) is 6.38. The number of rotatable bonds is 6. The van der Waals surface area contributed by atoms with Crippen molar-refractivity contribution in [2.75, 3.05) is 9.80 Å². The Bertz CT molecular complexity index is 3970. The quantitative estimate of drug-likeness (QED) is 0.164. The van der Waals surface area contributed by atoms with Crippen molar-refractivity contribution in [2.45, 2.75) is 12.8 Å². The Kier molecular flexibility index (Phi) is 8.49. The topological polar surface area (TPSA) is 6.48 Å². The largest absolute Gasteiger partial charge is 0.313 e. The summed E-state index contributed by atoms with van der Waals surface area (Å²) in [6, 6.07) is 78.6. The molecule has 0 N–H and O–H groups in total. The molecular formula is C62H40N2S2. The van der Waals surface area contributed by atoms with Gasteiger partial charge in [0.25, 0.3) is 0 Å². The summed E-state index contributed by atoms with van der Waals surface area (Å²) in [6.07, 6.45) is 4.42. The summed E-state index contributed by atoms with van der Waals surface area (Å²) >= 11 is 3.84. The van der Waals surface area contributed by atoms with Crippen LogP contribution in [-0.2, 0) is 6.42 Å². The Labute approximate surface area is 390 Å². The second-order valence-corrected chi connectivity index (χ2v) is 19.7. The summed E-state index contributed by atoms with van der Waals surface area (Å²) in [6.45, 7) is 0. The van der Waals surface area contributed by atoms with Crippen molar-refractivity contribution in [3.8, 4) is 0 Å². The monoisotopic (exact) mass is 876 g/mol. The second kappa shape index (κ2) is 14.9. The Morgan fingerprint density at radius 3 is 1.29 bits per heavy atom. The number of nitrogens with zero attached hydrogens (tertiary/aromatic N) is 2. The average Bonchev–Trinajstić information content (AvgIpc) is 3.95. The van der Waals surface area contributed by atoms with Gasteiger partial charge in [0.1, 0.15) is 0 Å². The fraction of sp³-hybridized carbons (Fsp3) is 0.0323. The van der Waals surface area contributed by atoms with Crippen LogP contribution in [0.15, 0.2) is 218 Å². The maximum atomic E-state index is 2.55. The van der Waals surface area contributed by atoms with Crippen LogP contribution >= 0.6 is 22.7 Å². The lowest BCUT2D eigenvalue weighted by Gasteiger charge is -2.32. The van der Waals surface area contributed by atoms with Gasteiger partial charge in [-0.3, -0.25) is 0 Å². The first-order valence-corrected chi connectivity index (χ1v) is 24.4. The van der Waals surface area contributed by atoms with E-state index in [1.807, 2.05) is 22.7 Å². The highest BCUT2D eigenvalue weighted by Gasteiger charge is 2.26. The summed E-state index contributed by atoms with van der Waals surface area (Å²) in [7, 11) is 0. The number of anilines is 5. The third-order valence-corrected chi connectivity index (χ3v) is 16.2. The predicted molar refractivity (Wildman–Crippen MR) is 288 cm³/mol. The minimum Gasteiger partial charge on any atom is -0.313 e. The van der Waals surface area contributed by atoms with Gasteiger partial charge in [-0.25, -0.2) is 0 Å². The van der Waals surface area contributed by atoms with Crippen LogP contribution in [0.2, 0.25) is 0 Å². The van der Waals surface area contributed by atoms with Gasteiger partial charge in [-0.15, -0.1) is 22.7 Å². The maximum Gasteiger partial charge on any atom is 0.0540 e. The van der Waals surface area contributed by atoms with Crippen LogP contribution in [0.5, 0.6) is 0 Å². The first-order valence-electron chi connectivity index (χ1n) is 22.8. The van der Waals surface area contributed by atoms with Crippen LogP contribution in [0.3, 0.4) is 0 Å². The molecule has 0 atom stereocenters. The lowest BCUT2D eigenvalue weighted by molar-refractivity contribution is 0.909. The van der Waals surface area contributed by atoms with Crippen LogP contribution < -0.4 is 9.80 Å². The molecule has 0 fully saturated rings. The first-order chi connectivity index (χ1) is 32.7. The molecule has 1 aliphatic rings. The van der Waals surface area contributed by atoms with Gasteiger partial charge < -0.3 is 9.80 Å². The van der Waals surface area contributed by atoms with Crippen molar-refractivity contribution >= 4 is 141 Å². The fourth-order valence-corrected chi connectivity index (χ4v) is 13.4. The van der Waals surface area contributed by atoms with E-state index in [1.165, 1.54) is 123 Å². The highest BCUT2D eigenvalue weighted by atomic mass is 32.1. The zero-order valence-electron chi connectivity index (χ0n) is 35.9. The van der Waals surface area contributed by atoms with Crippen molar-refractivity contribution in [2.24, 2.45) is 0 Å². The number of hydrogen-bond acceptors (Lipinski definition) is 4. The van der Waals surface area contributed by atoms with Crippen molar-refractivity contribution in [1.29, 1.82) is 0 Å². The number of aryl methyl sites for hydroxylation is 1. The lowest BCUT2D eigenvalue weighted by atomic mass is 9.93. The highest BCUT2D eigenvalue weighted by molar-refractivity contribution is 7.26. The summed E-state index contributed by atoms with van der Waals surface area (Å²) in [5, 5.41) is 16.7. The van der Waals surface area contributed by atoms with Crippen molar-refractivity contribution in [3.05, 3.63) is 228 Å². The van der Waals surface area contributed by atoms with Crippen molar-refractivity contribution < 1.29 is 0 Å². The zero-order valence-corrected chi connectivity index (χ0v) is 37.5. The molecule has 1 aliphatic carbocycles. The van der Waals surface area contributed by atoms with E-state index in [1.54, 1.807) is 0 Å². The van der Waals surface area contributed by atoms with E-state index in [0.717, 1.165) is 18.5 Å². The van der Waals surface area contributed by atoms with Gasteiger partial charge in [0.05, 0.1) is 22.7 Å². The van der Waals surface area contributed by atoms with Crippen LogP contribution in [-0.4, -0.2) is 0 Å². The normalized spacial score (nSPS) is 12.8. The summed E-state index contributed by atoms with van der Waals surface area (Å²) in [5.41, 5.74) is 8.75. The van der Waals surface area contributed by atoms with Gasteiger partial charge in [0, 0.05) is 68.1 Å². The maximum absolute atomic E-state index is 2.55. The van der Waals surface area contributed by atoms with E-state index >= 15 is 0 Å². The number of allylic oxidation sites excluding steroid dienone is 1. The number of hydrogen-bond donors (Lipinski definition) is 0. The average molecular weight is 877 g/mol. The molecule has 0 saturated heterocycles. The van der Waals surface area contributed by atoms with E-state index < -0.39 is 0 Å². The molecule has 0 aliphatic heterocycles. The highest BCUT2D eigenvalue weighted by Crippen LogP contribution is 2.50. The minimum atomic E-state index is 0.942. The molecule has 13 aromatic rings. The van der Waals surface area contributed by atoms with Gasteiger partial charge in [-0.05, 0) is 105 Å². The standard InChI is InChI=1S/C62H40N2S2/c1-5-21-45-39(13-1)17-9-25-53(45)63(54-26-10-18-40-14-2-6-22-46(40)54)43-29-31-51-59(37-43)65-57-35-33-50-49(61(51)57)34-36-58-62(50)52-32-30-44(38-60(52)66-58)64(55-27-11-19-41-15-3-7-23-47(41)55)56-28-12-20-42-16-4-8-24-48(42)56/h1-29,31,33-38H,30,32H2. The summed E-state index contributed by atoms with van der Waals surface area (Å²) < 4.78 is 3.97. The van der Waals surface area contributed by atoms with Gasteiger partial charge in [0.2, 0.25) is 0 Å². The third kappa shape index (κ3) is 5.78. The molecule has 0 spiro atoms. The molecule has 14 rings (SSSR count). The van der Waals surface area contributed by atoms with E-state index in [4.69, 9.17) is 0 Å². The minimum absolute atomic E-state index is 0.942. The van der Waals surface area contributed by atoms with E-state index in [0.29, 0.717) is 0 Å². The van der Waals surface area contributed by atoms with Gasteiger partial charge in [-0.1, -0.05) is 164 Å². The van der Waals surface area contributed by atoms with E-state index in [2.05, 4.69) is 228 Å². The molecule has 2 nitrogen and oxygen atoms in total. The van der Waals surface area contributed by atoms with Crippen LogP contribution in [0.4, 0.5) is 28.4 Å². The van der Waals surface area contributed by atoms with E-state index in [9.17, 15) is 0 Å². The SMILES string of the molecule is C1=C(N(c2cccc3ccccc23)c2cccc3ccccc23)CCc2c1sc1ccc3c(ccc4sc5cc(N(c6cccc7ccccc67)c6cccc7ccccc67)ccc5c43)c21. The Balaban J connectivity index is 0.926. The van der Waals surface area contributed by atoms with E-state index in [-0.39, 0.29) is 0 Å². The number of benzene rings is 11. The zero-order chi connectivity index (χ0) is 43.3. The van der Waals surface area contributed by atoms with Crippen LogP contribution in [0, 0.1) is 0 Å². The van der Waals surface area contributed by atoms with Crippen molar-refractivity contribution in [3.63, 3.8) is 0 Å². The Morgan fingerprint density at radius 1 is 0.318 bits per heavy atom. The molecule has 2 aromatic heterocycles. The molecule has 0 radical (unpaired) electrons. The summed E-state index contributed by atoms with van der Waals surface area (Å²) in [5.74, 6) is 0. The van der Waals surface area contributed by atoms with Gasteiger partial charge in [-0.2, -0.15) is 0 Å². The number of fused-ring (bicyclic) bond motifs is 13. The molecule has 4 heteroatoms. The van der Waals surface area contributed by atoms with Crippen LogP contribution in [0.1, 0.15) is 16.9 Å². The van der Waals surface area contributed by atoms with Gasteiger partial charge >= 0.3 is 0 Å². The Morgan fingerprint density at radius 2 is 0.758 bits per heavy atom. The fourth-order valence-electron chi connectivity index (χ4n) is 11.0.